The third-order valence-electron chi connectivity index (χ3n) is 3.77. The number of rotatable bonds is 13. The Bertz CT molecular complexity index is 484. The Morgan fingerprint density at radius 1 is 0.826 bits per heavy atom. The monoisotopic (exact) mass is 352 g/mol. The first-order chi connectivity index (χ1) is 10.7. The molecule has 0 fully saturated rings. The number of hydrogen-bond acceptors (Lipinski definition) is 3. The molecule has 0 unspecified atom stereocenters. The van der Waals surface area contributed by atoms with E-state index < -0.39 is 10.1 Å². The van der Waals surface area contributed by atoms with Crippen LogP contribution in [0.5, 0.6) is 0 Å². The van der Waals surface area contributed by atoms with Crippen LogP contribution in [0.3, 0.4) is 0 Å². The molecule has 0 aromatic heterocycles. The number of unbranched alkanes of at least 4 members (excludes halogenated alkanes) is 9. The van der Waals surface area contributed by atoms with Gasteiger partial charge < -0.3 is 2.85 Å². The molecular formula is C18H32MgO3S. The third-order valence-corrected chi connectivity index (χ3v) is 5.09. The van der Waals surface area contributed by atoms with Crippen molar-refractivity contribution in [3.63, 3.8) is 0 Å². The molecule has 0 atom stereocenters. The predicted molar refractivity (Wildman–Crippen MR) is 99.4 cm³/mol. The van der Waals surface area contributed by atoms with Crippen molar-refractivity contribution >= 4 is 33.2 Å². The van der Waals surface area contributed by atoms with Gasteiger partial charge in [-0.05, 0) is 18.6 Å². The molecular weight excluding hydrogens is 321 g/mol. The Balaban J connectivity index is -0.00000161. The second-order valence-electron chi connectivity index (χ2n) is 5.77. The minimum absolute atomic E-state index is 0. The molecule has 0 heterocycles. The molecule has 0 amide bonds. The van der Waals surface area contributed by atoms with Crippen LogP contribution in [0.1, 0.15) is 74.0 Å². The molecule has 1 aromatic carbocycles. The maximum Gasteiger partial charge on any atom is 2.00 e. The zero-order valence-corrected chi connectivity index (χ0v) is 16.7. The van der Waals surface area contributed by atoms with E-state index in [-0.39, 0.29) is 37.4 Å². The van der Waals surface area contributed by atoms with Crippen LogP contribution < -0.4 is 0 Å². The Kier molecular flexibility index (Phi) is 14.2. The largest absolute Gasteiger partial charge is 2.00 e. The van der Waals surface area contributed by atoms with Crippen molar-refractivity contribution in [3.8, 4) is 0 Å². The molecule has 0 N–H and O–H groups in total. The normalized spacial score (nSPS) is 11.2. The topological polar surface area (TPSA) is 43.4 Å². The maximum absolute atomic E-state index is 11.9. The van der Waals surface area contributed by atoms with Gasteiger partial charge in [0.25, 0.3) is 10.1 Å². The molecule has 130 valence electrons. The molecule has 0 aliphatic carbocycles. The van der Waals surface area contributed by atoms with Gasteiger partial charge in [0.2, 0.25) is 0 Å². The molecule has 0 radical (unpaired) electrons. The first-order valence-corrected chi connectivity index (χ1v) is 10.0. The maximum atomic E-state index is 11.9. The van der Waals surface area contributed by atoms with E-state index in [0.717, 1.165) is 12.8 Å². The summed E-state index contributed by atoms with van der Waals surface area (Å²) in [6.45, 7) is 2.52. The van der Waals surface area contributed by atoms with Crippen molar-refractivity contribution in [2.75, 3.05) is 6.61 Å². The van der Waals surface area contributed by atoms with Crippen LogP contribution in [-0.2, 0) is 14.3 Å². The molecule has 0 aliphatic rings. The van der Waals surface area contributed by atoms with Crippen molar-refractivity contribution in [2.45, 2.75) is 76.0 Å². The zero-order chi connectivity index (χ0) is 16.1. The van der Waals surface area contributed by atoms with Crippen molar-refractivity contribution in [1.29, 1.82) is 0 Å². The molecule has 1 rings (SSSR count). The molecule has 5 heteroatoms. The van der Waals surface area contributed by atoms with Crippen molar-refractivity contribution < 1.29 is 15.5 Å². The molecule has 3 nitrogen and oxygen atoms in total. The van der Waals surface area contributed by atoms with Gasteiger partial charge in [-0.2, -0.15) is 8.42 Å². The Morgan fingerprint density at radius 3 is 1.83 bits per heavy atom. The van der Waals surface area contributed by atoms with Crippen LogP contribution >= 0.6 is 0 Å². The summed E-state index contributed by atoms with van der Waals surface area (Å²) in [5.41, 5.74) is 0. The van der Waals surface area contributed by atoms with E-state index in [1.165, 1.54) is 51.4 Å². The van der Waals surface area contributed by atoms with Gasteiger partial charge in [0, 0.05) is 0 Å². The fourth-order valence-corrected chi connectivity index (χ4v) is 3.38. The standard InChI is InChI=1S/C18H30O3S.Mg.2H/c1-2-3-4-5-6-7-8-9-10-14-17-21-22(19,20)18-15-12-11-13-16-18;;;/h11-13,15-16H,2-10,14,17H2,1H3;;;/q;+2;2*-1. The molecule has 0 saturated carbocycles. The van der Waals surface area contributed by atoms with Gasteiger partial charge in [0.1, 0.15) is 0 Å². The summed E-state index contributed by atoms with van der Waals surface area (Å²) in [4.78, 5) is 0.238. The van der Waals surface area contributed by atoms with E-state index in [0.29, 0.717) is 0 Å². The number of hydrogen-bond donors (Lipinski definition) is 0. The van der Waals surface area contributed by atoms with Gasteiger partial charge in [-0.25, -0.2) is 0 Å². The summed E-state index contributed by atoms with van der Waals surface area (Å²) in [7, 11) is -3.57. The fourth-order valence-electron chi connectivity index (χ4n) is 2.41. The van der Waals surface area contributed by atoms with E-state index in [9.17, 15) is 8.42 Å². The van der Waals surface area contributed by atoms with Gasteiger partial charge in [0.05, 0.1) is 11.5 Å². The quantitative estimate of drug-likeness (QED) is 0.280. The van der Waals surface area contributed by atoms with Crippen LogP contribution in [0.15, 0.2) is 35.2 Å². The van der Waals surface area contributed by atoms with Gasteiger partial charge in [0.15, 0.2) is 0 Å². The van der Waals surface area contributed by atoms with Crippen LogP contribution in [0.4, 0.5) is 0 Å². The smallest absolute Gasteiger partial charge is 1.00 e. The van der Waals surface area contributed by atoms with Crippen LogP contribution in [0, 0.1) is 0 Å². The van der Waals surface area contributed by atoms with E-state index in [1.807, 2.05) is 0 Å². The van der Waals surface area contributed by atoms with Gasteiger partial charge >= 0.3 is 23.1 Å². The van der Waals surface area contributed by atoms with E-state index in [2.05, 4.69) is 6.92 Å². The second-order valence-corrected chi connectivity index (χ2v) is 7.39. The molecule has 0 saturated heterocycles. The fraction of sp³-hybridized carbons (Fsp3) is 0.667. The average Bonchev–Trinajstić information content (AvgIpc) is 2.53. The minimum Gasteiger partial charge on any atom is -1.00 e. The first-order valence-electron chi connectivity index (χ1n) is 8.61. The van der Waals surface area contributed by atoms with Gasteiger partial charge in [-0.3, -0.25) is 4.18 Å². The summed E-state index contributed by atoms with van der Waals surface area (Å²) in [5.74, 6) is 0. The summed E-state index contributed by atoms with van der Waals surface area (Å²) >= 11 is 0. The summed E-state index contributed by atoms with van der Waals surface area (Å²) < 4.78 is 28.8. The van der Waals surface area contributed by atoms with Crippen LogP contribution in [0.2, 0.25) is 0 Å². The third kappa shape index (κ3) is 11.1. The van der Waals surface area contributed by atoms with Crippen LogP contribution in [-0.4, -0.2) is 38.1 Å². The molecule has 23 heavy (non-hydrogen) atoms. The van der Waals surface area contributed by atoms with Crippen molar-refractivity contribution in [2.24, 2.45) is 0 Å². The van der Waals surface area contributed by atoms with Gasteiger partial charge in [-0.15, -0.1) is 0 Å². The predicted octanol–water partition coefficient (Wildman–Crippen LogP) is 5.16. The number of benzene rings is 1. The molecule has 0 aliphatic heterocycles. The molecule has 0 spiro atoms. The van der Waals surface area contributed by atoms with E-state index in [1.54, 1.807) is 30.3 Å². The Hall–Kier alpha value is -0.104. The summed E-state index contributed by atoms with van der Waals surface area (Å²) in [6.07, 6.45) is 12.3. The van der Waals surface area contributed by atoms with Gasteiger partial charge in [-0.1, -0.05) is 82.9 Å². The van der Waals surface area contributed by atoms with Crippen molar-refractivity contribution in [3.05, 3.63) is 30.3 Å². The van der Waals surface area contributed by atoms with Crippen LogP contribution in [0.25, 0.3) is 0 Å². The molecule has 1 aromatic rings. The first kappa shape index (κ1) is 22.9. The molecule has 0 bridgehead atoms. The van der Waals surface area contributed by atoms with E-state index >= 15 is 0 Å². The Morgan fingerprint density at radius 2 is 1.30 bits per heavy atom. The summed E-state index contributed by atoms with van der Waals surface area (Å²) in [6, 6.07) is 8.33. The van der Waals surface area contributed by atoms with Crippen molar-refractivity contribution in [1.82, 2.24) is 0 Å². The van der Waals surface area contributed by atoms with E-state index in [4.69, 9.17) is 4.18 Å². The Labute approximate surface area is 161 Å². The zero-order valence-electron chi connectivity index (χ0n) is 16.5. The minimum atomic E-state index is -3.57. The second kappa shape index (κ2) is 14.3. The average molecular weight is 353 g/mol. The summed E-state index contributed by atoms with van der Waals surface area (Å²) in [5, 5.41) is 0. The SMILES string of the molecule is CCCCCCCCCCCCOS(=O)(=O)c1ccccc1.[H-].[H-].[Mg+2].